The Morgan fingerprint density at radius 3 is 2.93 bits per heavy atom. The second kappa shape index (κ2) is 3.83. The average molecular weight is 272 g/mol. The molecule has 0 spiro atoms. The number of halogens is 1. The Hall–Kier alpha value is -1.07. The molecule has 1 unspecified atom stereocenters. The van der Waals surface area contributed by atoms with Crippen molar-refractivity contribution < 1.29 is 15.0 Å². The fourth-order valence-corrected chi connectivity index (χ4v) is 2.48. The van der Waals surface area contributed by atoms with Crippen LogP contribution in [0.5, 0.6) is 0 Å². The van der Waals surface area contributed by atoms with Crippen LogP contribution in [0.1, 0.15) is 17.2 Å². The summed E-state index contributed by atoms with van der Waals surface area (Å²) in [5.74, 6) is 0. The minimum atomic E-state index is -1.00. The van der Waals surface area contributed by atoms with Crippen LogP contribution in [0.4, 0.5) is 4.79 Å². The summed E-state index contributed by atoms with van der Waals surface area (Å²) in [5, 5.41) is 18.7. The van der Waals surface area contributed by atoms with Crippen LogP contribution >= 0.6 is 15.9 Å². The number of hydrogen-bond donors (Lipinski definition) is 2. The zero-order valence-corrected chi connectivity index (χ0v) is 9.44. The molecule has 1 amide bonds. The fraction of sp³-hybridized carbons (Fsp3) is 0.300. The summed E-state index contributed by atoms with van der Waals surface area (Å²) in [6, 6.07) is 5.51. The summed E-state index contributed by atoms with van der Waals surface area (Å²) in [6.07, 6.45) is -1.75. The molecule has 2 N–H and O–H groups in total. The summed E-state index contributed by atoms with van der Waals surface area (Å²) in [5.41, 5.74) is 1.65. The predicted molar refractivity (Wildman–Crippen MR) is 57.5 cm³/mol. The van der Waals surface area contributed by atoms with Gasteiger partial charge in [-0.3, -0.25) is 0 Å². The molecule has 15 heavy (non-hydrogen) atoms. The number of aliphatic hydroxyl groups excluding tert-OH is 1. The Kier molecular flexibility index (Phi) is 2.67. The highest BCUT2D eigenvalue weighted by Crippen LogP contribution is 2.32. The molecule has 0 bridgehead atoms. The molecule has 0 saturated carbocycles. The van der Waals surface area contributed by atoms with E-state index >= 15 is 0 Å². The van der Waals surface area contributed by atoms with Crippen LogP contribution in [-0.2, 0) is 6.54 Å². The van der Waals surface area contributed by atoms with Gasteiger partial charge in [-0.25, -0.2) is 4.79 Å². The monoisotopic (exact) mass is 271 g/mol. The number of fused-ring (bicyclic) bond motifs is 1. The van der Waals surface area contributed by atoms with Gasteiger partial charge in [0.15, 0.2) is 0 Å². The third-order valence-electron chi connectivity index (χ3n) is 2.50. The van der Waals surface area contributed by atoms with Crippen LogP contribution in [0.3, 0.4) is 0 Å². The van der Waals surface area contributed by atoms with Crippen LogP contribution < -0.4 is 0 Å². The van der Waals surface area contributed by atoms with E-state index in [9.17, 15) is 9.90 Å². The number of carbonyl (C=O) groups is 1. The maximum absolute atomic E-state index is 10.8. The van der Waals surface area contributed by atoms with Crippen molar-refractivity contribution in [2.45, 2.75) is 12.6 Å². The van der Waals surface area contributed by atoms with Crippen molar-refractivity contribution in [3.8, 4) is 0 Å². The van der Waals surface area contributed by atoms with E-state index < -0.39 is 12.2 Å². The number of carboxylic acid groups (broad SMARTS) is 1. The lowest BCUT2D eigenvalue weighted by atomic mass is 9.98. The number of rotatable bonds is 0. The predicted octanol–water partition coefficient (Wildman–Crippen LogP) is 1.98. The number of β-amino-alcohol motifs (C(OH)–C–C–N with tert-alkyl or cyclic N) is 1. The van der Waals surface area contributed by atoms with E-state index in [0.29, 0.717) is 6.54 Å². The maximum Gasteiger partial charge on any atom is 0.407 e. The molecule has 1 aromatic carbocycles. The number of nitrogens with zero attached hydrogens (tertiary/aromatic N) is 1. The van der Waals surface area contributed by atoms with Crippen LogP contribution in [0.2, 0.25) is 0 Å². The molecule has 5 heteroatoms. The smallest absolute Gasteiger partial charge is 0.407 e. The minimum absolute atomic E-state index is 0.130. The van der Waals surface area contributed by atoms with E-state index in [-0.39, 0.29) is 6.54 Å². The molecule has 1 aliphatic rings. The Bertz CT molecular complexity index is 408. The number of aliphatic hydroxyl groups is 1. The second-order valence-electron chi connectivity index (χ2n) is 3.49. The van der Waals surface area contributed by atoms with Crippen molar-refractivity contribution in [2.75, 3.05) is 6.54 Å². The highest BCUT2D eigenvalue weighted by molar-refractivity contribution is 9.10. The van der Waals surface area contributed by atoms with Crippen molar-refractivity contribution in [2.24, 2.45) is 0 Å². The van der Waals surface area contributed by atoms with E-state index in [1.807, 2.05) is 18.2 Å². The quantitative estimate of drug-likeness (QED) is 0.759. The summed E-state index contributed by atoms with van der Waals surface area (Å²) in [4.78, 5) is 12.0. The summed E-state index contributed by atoms with van der Waals surface area (Å²) >= 11 is 3.35. The van der Waals surface area contributed by atoms with E-state index in [1.54, 1.807) is 0 Å². The summed E-state index contributed by atoms with van der Waals surface area (Å²) in [6.45, 7) is 0.464. The van der Waals surface area contributed by atoms with E-state index in [4.69, 9.17) is 5.11 Å². The SMILES string of the molecule is O=C(O)N1Cc2cccc(Br)c2C(O)C1. The van der Waals surface area contributed by atoms with Gasteiger partial charge in [0, 0.05) is 16.6 Å². The Balaban J connectivity index is 2.40. The van der Waals surface area contributed by atoms with Crippen LogP contribution in [0.25, 0.3) is 0 Å². The van der Waals surface area contributed by atoms with Gasteiger partial charge in [0.05, 0.1) is 12.6 Å². The van der Waals surface area contributed by atoms with Crippen LogP contribution in [0, 0.1) is 0 Å². The van der Waals surface area contributed by atoms with Crippen molar-refractivity contribution in [3.05, 3.63) is 33.8 Å². The van der Waals surface area contributed by atoms with Gasteiger partial charge < -0.3 is 15.1 Å². The van der Waals surface area contributed by atoms with Gasteiger partial charge in [-0.1, -0.05) is 28.1 Å². The number of amides is 1. The molecular weight excluding hydrogens is 262 g/mol. The van der Waals surface area contributed by atoms with Gasteiger partial charge in [-0.2, -0.15) is 0 Å². The molecule has 0 aromatic heterocycles. The zero-order chi connectivity index (χ0) is 11.0. The summed E-state index contributed by atoms with van der Waals surface area (Å²) < 4.78 is 0.831. The van der Waals surface area contributed by atoms with Gasteiger partial charge in [-0.15, -0.1) is 0 Å². The zero-order valence-electron chi connectivity index (χ0n) is 7.85. The molecule has 0 fully saturated rings. The molecule has 1 heterocycles. The van der Waals surface area contributed by atoms with E-state index in [2.05, 4.69) is 15.9 Å². The van der Waals surface area contributed by atoms with Crippen molar-refractivity contribution in [1.29, 1.82) is 0 Å². The molecule has 1 atom stereocenters. The Morgan fingerprint density at radius 2 is 2.27 bits per heavy atom. The topological polar surface area (TPSA) is 60.8 Å². The Labute approximate surface area is 95.3 Å². The third kappa shape index (κ3) is 1.85. The van der Waals surface area contributed by atoms with Crippen molar-refractivity contribution in [1.82, 2.24) is 4.90 Å². The van der Waals surface area contributed by atoms with Crippen LogP contribution in [0.15, 0.2) is 22.7 Å². The lowest BCUT2D eigenvalue weighted by Crippen LogP contribution is -2.37. The highest BCUT2D eigenvalue weighted by atomic mass is 79.9. The second-order valence-corrected chi connectivity index (χ2v) is 4.35. The normalized spacial score (nSPS) is 19.9. The first-order valence-electron chi connectivity index (χ1n) is 4.53. The average Bonchev–Trinajstić information content (AvgIpc) is 2.17. The lowest BCUT2D eigenvalue weighted by Gasteiger charge is -2.30. The molecule has 1 aromatic rings. The maximum atomic E-state index is 10.8. The molecule has 80 valence electrons. The molecule has 4 nitrogen and oxygen atoms in total. The fourth-order valence-electron chi connectivity index (χ4n) is 1.81. The van der Waals surface area contributed by atoms with Crippen molar-refractivity contribution in [3.63, 3.8) is 0 Å². The molecule has 1 aliphatic heterocycles. The van der Waals surface area contributed by atoms with E-state index in [0.717, 1.165) is 15.6 Å². The van der Waals surface area contributed by atoms with Gasteiger partial charge in [0.2, 0.25) is 0 Å². The third-order valence-corrected chi connectivity index (χ3v) is 3.19. The van der Waals surface area contributed by atoms with Gasteiger partial charge in [-0.05, 0) is 11.6 Å². The largest absolute Gasteiger partial charge is 0.465 e. The van der Waals surface area contributed by atoms with Crippen LogP contribution in [-0.4, -0.2) is 27.8 Å². The first-order chi connectivity index (χ1) is 7.09. The first-order valence-corrected chi connectivity index (χ1v) is 5.32. The van der Waals surface area contributed by atoms with Gasteiger partial charge in [0.25, 0.3) is 0 Å². The summed E-state index contributed by atoms with van der Waals surface area (Å²) in [7, 11) is 0. The molecule has 0 radical (unpaired) electrons. The first kappa shape index (κ1) is 10.4. The minimum Gasteiger partial charge on any atom is -0.465 e. The van der Waals surface area contributed by atoms with Gasteiger partial charge >= 0.3 is 6.09 Å². The molecule has 0 saturated heterocycles. The molecular formula is C10H10BrNO3. The lowest BCUT2D eigenvalue weighted by molar-refractivity contribution is 0.0814. The van der Waals surface area contributed by atoms with Gasteiger partial charge in [0.1, 0.15) is 0 Å². The van der Waals surface area contributed by atoms with E-state index in [1.165, 1.54) is 4.90 Å². The molecule has 2 rings (SSSR count). The Morgan fingerprint density at radius 1 is 1.53 bits per heavy atom. The number of hydrogen-bond acceptors (Lipinski definition) is 2. The number of benzene rings is 1. The standard InChI is InChI=1S/C10H10BrNO3/c11-7-3-1-2-6-4-12(10(14)15)5-8(13)9(6)7/h1-3,8,13H,4-5H2,(H,14,15). The highest BCUT2D eigenvalue weighted by Gasteiger charge is 2.27. The van der Waals surface area contributed by atoms with Crippen molar-refractivity contribution >= 4 is 22.0 Å². The molecule has 0 aliphatic carbocycles.